The molecule has 3 aromatic rings. The summed E-state index contributed by atoms with van der Waals surface area (Å²) in [7, 11) is -2.39. The maximum Gasteiger partial charge on any atom is 0.282 e. The Morgan fingerprint density at radius 3 is 2.65 bits per heavy atom. The molecule has 0 saturated heterocycles. The molecule has 3 rings (SSSR count). The highest BCUT2D eigenvalue weighted by atomic mass is 35.5. The number of nitrogens with zero attached hydrogens (tertiary/aromatic N) is 3. The van der Waals surface area contributed by atoms with Gasteiger partial charge in [0.1, 0.15) is 16.5 Å². The molecular formula is C15H14ClN5O4S. The first-order valence-corrected chi connectivity index (χ1v) is 9.16. The number of hydrogen-bond donors (Lipinski definition) is 2. The summed E-state index contributed by atoms with van der Waals surface area (Å²) in [5, 5.41) is 5.90. The molecule has 2 aromatic heterocycles. The number of sulfonamides is 1. The van der Waals surface area contributed by atoms with Crippen molar-refractivity contribution in [2.75, 3.05) is 10.0 Å². The van der Waals surface area contributed by atoms with Crippen LogP contribution in [0.4, 0.5) is 11.4 Å². The molecule has 11 heteroatoms. The normalized spacial score (nSPS) is 11.3. The van der Waals surface area contributed by atoms with Gasteiger partial charge in [-0.05, 0) is 25.1 Å². The highest BCUT2D eigenvalue weighted by molar-refractivity contribution is 7.92. The summed E-state index contributed by atoms with van der Waals surface area (Å²) in [6, 6.07) is 6.21. The van der Waals surface area contributed by atoms with Crippen LogP contribution >= 0.6 is 11.6 Å². The van der Waals surface area contributed by atoms with Crippen molar-refractivity contribution in [1.29, 1.82) is 0 Å². The Bertz CT molecular complexity index is 1070. The van der Waals surface area contributed by atoms with Crippen LogP contribution < -0.4 is 10.0 Å². The second-order valence-electron chi connectivity index (χ2n) is 5.39. The van der Waals surface area contributed by atoms with E-state index in [4.69, 9.17) is 16.1 Å². The van der Waals surface area contributed by atoms with Crippen molar-refractivity contribution in [3.8, 4) is 0 Å². The molecule has 1 aromatic carbocycles. The maximum atomic E-state index is 12.4. The lowest BCUT2D eigenvalue weighted by Crippen LogP contribution is -2.15. The fraction of sp³-hybridized carbons (Fsp3) is 0.133. The van der Waals surface area contributed by atoms with Crippen LogP contribution in [0.1, 0.15) is 16.1 Å². The molecular weight excluding hydrogens is 382 g/mol. The van der Waals surface area contributed by atoms with Gasteiger partial charge >= 0.3 is 0 Å². The number of rotatable bonds is 5. The summed E-state index contributed by atoms with van der Waals surface area (Å²) in [5.41, 5.74) is 0.922. The van der Waals surface area contributed by atoms with Crippen LogP contribution in [0, 0.1) is 6.92 Å². The van der Waals surface area contributed by atoms with Gasteiger partial charge in [0.2, 0.25) is 5.03 Å². The van der Waals surface area contributed by atoms with Gasteiger partial charge in [0.15, 0.2) is 0 Å². The number of carbonyl (C=O) groups is 1. The number of anilines is 2. The Hall–Kier alpha value is -2.85. The minimum atomic E-state index is -3.97. The molecule has 2 heterocycles. The zero-order valence-electron chi connectivity index (χ0n) is 13.7. The van der Waals surface area contributed by atoms with Gasteiger partial charge in [0.05, 0.1) is 18.2 Å². The molecule has 0 saturated carbocycles. The molecule has 0 aliphatic rings. The Morgan fingerprint density at radius 2 is 2.04 bits per heavy atom. The van der Waals surface area contributed by atoms with Crippen LogP contribution in [0.25, 0.3) is 0 Å². The number of imidazole rings is 1. The minimum Gasteiger partial charge on any atom is -0.361 e. The summed E-state index contributed by atoms with van der Waals surface area (Å²) < 4.78 is 33.5. The quantitative estimate of drug-likeness (QED) is 0.684. The molecule has 9 nitrogen and oxygen atoms in total. The van der Waals surface area contributed by atoms with Crippen molar-refractivity contribution in [2.45, 2.75) is 11.9 Å². The van der Waals surface area contributed by atoms with E-state index in [9.17, 15) is 13.2 Å². The first-order chi connectivity index (χ1) is 12.3. The lowest BCUT2D eigenvalue weighted by molar-refractivity contribution is 0.102. The number of benzene rings is 1. The zero-order valence-corrected chi connectivity index (χ0v) is 15.3. The van der Waals surface area contributed by atoms with Crippen molar-refractivity contribution in [2.24, 2.45) is 7.05 Å². The van der Waals surface area contributed by atoms with Crippen molar-refractivity contribution >= 4 is 38.9 Å². The predicted octanol–water partition coefficient (Wildman–Crippen LogP) is 2.42. The third kappa shape index (κ3) is 3.55. The molecule has 0 atom stereocenters. The van der Waals surface area contributed by atoms with Gasteiger partial charge in [-0.25, -0.2) is 4.98 Å². The number of halogens is 1. The first-order valence-electron chi connectivity index (χ1n) is 7.30. The van der Waals surface area contributed by atoms with Gasteiger partial charge in [0.25, 0.3) is 15.9 Å². The zero-order chi connectivity index (χ0) is 18.9. The topological polar surface area (TPSA) is 119 Å². The molecule has 0 unspecified atom stereocenters. The van der Waals surface area contributed by atoms with E-state index in [1.807, 2.05) is 0 Å². The molecule has 0 spiro atoms. The summed E-state index contributed by atoms with van der Waals surface area (Å²) in [6.07, 6.45) is 2.61. The van der Waals surface area contributed by atoms with Crippen LogP contribution in [0.15, 0.2) is 46.3 Å². The fourth-order valence-electron chi connectivity index (χ4n) is 2.15. The van der Waals surface area contributed by atoms with E-state index in [1.165, 1.54) is 29.2 Å². The Labute approximate surface area is 154 Å². The van der Waals surface area contributed by atoms with Crippen LogP contribution in [-0.4, -0.2) is 29.0 Å². The van der Waals surface area contributed by atoms with Crippen molar-refractivity contribution in [3.63, 3.8) is 0 Å². The SMILES string of the molecule is Cc1oncc1C(=O)Nc1cccc(NS(=O)(=O)c2ncn(C)c2Cl)c1. The lowest BCUT2D eigenvalue weighted by atomic mass is 10.2. The molecule has 0 fully saturated rings. The van der Waals surface area contributed by atoms with Crippen LogP contribution in [-0.2, 0) is 17.1 Å². The minimum absolute atomic E-state index is 0.00936. The van der Waals surface area contributed by atoms with E-state index in [2.05, 4.69) is 20.2 Å². The van der Waals surface area contributed by atoms with E-state index in [0.717, 1.165) is 0 Å². The molecule has 2 N–H and O–H groups in total. The largest absolute Gasteiger partial charge is 0.361 e. The van der Waals surface area contributed by atoms with Crippen LogP contribution in [0.2, 0.25) is 5.15 Å². The van der Waals surface area contributed by atoms with Gasteiger partial charge in [-0.3, -0.25) is 9.52 Å². The third-order valence-corrected chi connectivity index (χ3v) is 5.33. The molecule has 0 aliphatic carbocycles. The Kier molecular flexibility index (Phi) is 4.70. The number of aryl methyl sites for hydroxylation is 2. The molecule has 0 bridgehead atoms. The molecule has 136 valence electrons. The fourth-order valence-corrected chi connectivity index (χ4v) is 3.64. The van der Waals surface area contributed by atoms with Crippen molar-refractivity contribution < 1.29 is 17.7 Å². The average Bonchev–Trinajstić information content (AvgIpc) is 3.14. The third-order valence-electron chi connectivity index (χ3n) is 3.46. The second kappa shape index (κ2) is 6.81. The second-order valence-corrected chi connectivity index (χ2v) is 7.34. The Balaban J connectivity index is 1.80. The van der Waals surface area contributed by atoms with Gasteiger partial charge in [-0.15, -0.1) is 0 Å². The monoisotopic (exact) mass is 395 g/mol. The van der Waals surface area contributed by atoms with Gasteiger partial charge in [-0.1, -0.05) is 22.8 Å². The summed E-state index contributed by atoms with van der Waals surface area (Å²) >= 11 is 5.94. The molecule has 0 radical (unpaired) electrons. The predicted molar refractivity (Wildman–Crippen MR) is 94.7 cm³/mol. The van der Waals surface area contributed by atoms with E-state index >= 15 is 0 Å². The van der Waals surface area contributed by atoms with E-state index in [1.54, 1.807) is 26.1 Å². The average molecular weight is 396 g/mol. The van der Waals surface area contributed by atoms with E-state index in [-0.39, 0.29) is 21.4 Å². The number of amides is 1. The van der Waals surface area contributed by atoms with Crippen molar-refractivity contribution in [1.82, 2.24) is 14.7 Å². The molecule has 26 heavy (non-hydrogen) atoms. The maximum absolute atomic E-state index is 12.4. The summed E-state index contributed by atoms with van der Waals surface area (Å²) in [6.45, 7) is 1.61. The first kappa shape index (κ1) is 18.0. The van der Waals surface area contributed by atoms with Gasteiger partial charge < -0.3 is 14.4 Å². The summed E-state index contributed by atoms with van der Waals surface area (Å²) in [5.74, 6) is -0.0410. The standard InChI is InChI=1S/C15H14ClN5O4S/c1-9-12(7-18-25-9)14(22)19-10-4-3-5-11(6-10)20-26(23,24)15-13(16)21(2)8-17-15/h3-8,20H,1-2H3,(H,19,22). The highest BCUT2D eigenvalue weighted by Gasteiger charge is 2.22. The van der Waals surface area contributed by atoms with E-state index in [0.29, 0.717) is 11.4 Å². The van der Waals surface area contributed by atoms with E-state index < -0.39 is 15.9 Å². The van der Waals surface area contributed by atoms with Gasteiger partial charge in [-0.2, -0.15) is 8.42 Å². The highest BCUT2D eigenvalue weighted by Crippen LogP contribution is 2.23. The van der Waals surface area contributed by atoms with Crippen LogP contribution in [0.5, 0.6) is 0 Å². The number of nitrogens with one attached hydrogen (secondary N) is 2. The Morgan fingerprint density at radius 1 is 1.31 bits per heavy atom. The van der Waals surface area contributed by atoms with Gasteiger partial charge in [0, 0.05) is 12.7 Å². The van der Waals surface area contributed by atoms with Crippen molar-refractivity contribution in [3.05, 3.63) is 53.3 Å². The lowest BCUT2D eigenvalue weighted by Gasteiger charge is -2.09. The number of carbonyl (C=O) groups excluding carboxylic acids is 1. The van der Waals surface area contributed by atoms with Crippen LogP contribution in [0.3, 0.4) is 0 Å². The molecule has 1 amide bonds. The number of hydrogen-bond acceptors (Lipinski definition) is 6. The summed E-state index contributed by atoms with van der Waals surface area (Å²) in [4.78, 5) is 16.0. The smallest absolute Gasteiger partial charge is 0.282 e. The molecule has 0 aliphatic heterocycles. The number of aromatic nitrogens is 3.